The van der Waals surface area contributed by atoms with Crippen molar-refractivity contribution in [1.82, 2.24) is 0 Å². The van der Waals surface area contributed by atoms with Crippen LogP contribution in [0.2, 0.25) is 0 Å². The number of fused-ring (bicyclic) bond motifs is 4. The molecule has 2 heteroatoms. The van der Waals surface area contributed by atoms with Crippen LogP contribution in [0.5, 0.6) is 0 Å². The van der Waals surface area contributed by atoms with E-state index in [0.717, 1.165) is 32.6 Å². The van der Waals surface area contributed by atoms with Crippen LogP contribution in [-0.2, 0) is 4.57 Å². The topological polar surface area (TPSA) is 17.1 Å². The van der Waals surface area contributed by atoms with Gasteiger partial charge in [-0.3, -0.25) is 0 Å². The SMILES string of the molecule is Cc1ccc(P(=O)(c2ccc(C)cc2)c2ccc(-c3c4c(c(-c5ccccc5)c5ccccc35)-c3cccc5cccc-4c35)cc2)cc1. The van der Waals surface area contributed by atoms with Crippen molar-refractivity contribution < 1.29 is 4.57 Å². The lowest BCUT2D eigenvalue weighted by molar-refractivity contribution is 0.592. The van der Waals surface area contributed by atoms with Gasteiger partial charge in [0.2, 0.25) is 0 Å². The lowest BCUT2D eigenvalue weighted by Crippen LogP contribution is -2.25. The van der Waals surface area contributed by atoms with Crippen LogP contribution in [0.15, 0.2) is 164 Å². The summed E-state index contributed by atoms with van der Waals surface area (Å²) in [5, 5.41) is 7.55. The molecule has 0 saturated heterocycles. The van der Waals surface area contributed by atoms with Crippen LogP contribution in [-0.4, -0.2) is 0 Å². The van der Waals surface area contributed by atoms with Crippen molar-refractivity contribution in [3.63, 3.8) is 0 Å². The molecular formula is C46H33OP. The van der Waals surface area contributed by atoms with E-state index in [2.05, 4.69) is 153 Å². The zero-order valence-corrected chi connectivity index (χ0v) is 27.8. The smallest absolute Gasteiger partial charge is 0.171 e. The molecule has 0 N–H and O–H groups in total. The van der Waals surface area contributed by atoms with Crippen molar-refractivity contribution in [2.75, 3.05) is 0 Å². The van der Waals surface area contributed by atoms with Gasteiger partial charge in [-0.25, -0.2) is 0 Å². The van der Waals surface area contributed by atoms with Crippen molar-refractivity contribution >= 4 is 44.6 Å². The van der Waals surface area contributed by atoms with Gasteiger partial charge in [0.25, 0.3) is 0 Å². The fourth-order valence-electron chi connectivity index (χ4n) is 7.73. The summed E-state index contributed by atoms with van der Waals surface area (Å²) < 4.78 is 15.4. The average molecular weight is 633 g/mol. The summed E-state index contributed by atoms with van der Waals surface area (Å²) in [5.74, 6) is 0. The minimum Gasteiger partial charge on any atom is -0.309 e. The standard InChI is InChI=1S/C46H33OP/c1-30-18-24-35(25-19-30)48(47,36-26-20-31(2)21-27-36)37-28-22-34(23-29-37)44-39-15-7-6-14-38(39)43(33-10-4-3-5-11-33)45-40-16-8-12-32-13-9-17-41(42(32)40)46(44)45/h3-29H,1-2H3. The molecule has 1 nitrogen and oxygen atoms in total. The molecule has 0 unspecified atom stereocenters. The zero-order chi connectivity index (χ0) is 32.4. The summed E-state index contributed by atoms with van der Waals surface area (Å²) in [6.45, 7) is 4.14. The molecule has 228 valence electrons. The predicted octanol–water partition coefficient (Wildman–Crippen LogP) is 11.2. The predicted molar refractivity (Wildman–Crippen MR) is 206 cm³/mol. The first-order chi connectivity index (χ1) is 23.5. The van der Waals surface area contributed by atoms with Crippen LogP contribution < -0.4 is 15.9 Å². The number of benzene rings is 8. The van der Waals surface area contributed by atoms with Gasteiger partial charge in [-0.15, -0.1) is 0 Å². The normalized spacial score (nSPS) is 12.0. The van der Waals surface area contributed by atoms with E-state index in [1.54, 1.807) is 0 Å². The third kappa shape index (κ3) is 4.28. The van der Waals surface area contributed by atoms with Gasteiger partial charge in [0.05, 0.1) is 0 Å². The van der Waals surface area contributed by atoms with Gasteiger partial charge in [0, 0.05) is 15.9 Å². The van der Waals surface area contributed by atoms with Gasteiger partial charge in [0.1, 0.15) is 0 Å². The van der Waals surface area contributed by atoms with Crippen molar-refractivity contribution in [1.29, 1.82) is 0 Å². The van der Waals surface area contributed by atoms with Crippen LogP contribution in [0.1, 0.15) is 11.1 Å². The molecular weight excluding hydrogens is 599 g/mol. The summed E-state index contributed by atoms with van der Waals surface area (Å²) >= 11 is 0. The Kier molecular flexibility index (Phi) is 6.61. The number of aryl methyl sites for hydroxylation is 2. The van der Waals surface area contributed by atoms with E-state index in [1.165, 1.54) is 60.5 Å². The lowest BCUT2D eigenvalue weighted by Gasteiger charge is -2.22. The molecule has 0 fully saturated rings. The fourth-order valence-corrected chi connectivity index (χ4v) is 10.3. The minimum absolute atomic E-state index is 0.839. The van der Waals surface area contributed by atoms with Gasteiger partial charge >= 0.3 is 0 Å². The molecule has 0 heterocycles. The Hall–Kier alpha value is -5.49. The molecule has 0 aromatic heterocycles. The Balaban J connectivity index is 1.32. The van der Waals surface area contributed by atoms with Crippen LogP contribution in [0.25, 0.3) is 66.1 Å². The molecule has 8 aromatic carbocycles. The van der Waals surface area contributed by atoms with Crippen molar-refractivity contribution in [2.24, 2.45) is 0 Å². The summed E-state index contributed by atoms with van der Waals surface area (Å²) in [6, 6.07) is 58.0. The highest BCUT2D eigenvalue weighted by Gasteiger charge is 2.32. The Morgan fingerprint density at radius 1 is 0.375 bits per heavy atom. The largest absolute Gasteiger partial charge is 0.309 e. The first-order valence-corrected chi connectivity index (χ1v) is 18.3. The molecule has 0 spiro atoms. The zero-order valence-electron chi connectivity index (χ0n) is 26.9. The molecule has 1 aliphatic rings. The number of rotatable bonds is 5. The van der Waals surface area contributed by atoms with Gasteiger partial charge < -0.3 is 4.57 Å². The van der Waals surface area contributed by atoms with E-state index in [0.29, 0.717) is 0 Å². The first-order valence-electron chi connectivity index (χ1n) is 16.5. The molecule has 1 aliphatic carbocycles. The second-order valence-corrected chi connectivity index (χ2v) is 15.7. The van der Waals surface area contributed by atoms with Gasteiger partial charge in [-0.1, -0.05) is 175 Å². The van der Waals surface area contributed by atoms with E-state index in [1.807, 2.05) is 24.3 Å². The van der Waals surface area contributed by atoms with E-state index < -0.39 is 7.14 Å². The maximum atomic E-state index is 15.4. The number of hydrogen-bond donors (Lipinski definition) is 0. The maximum Gasteiger partial charge on any atom is 0.171 e. The molecule has 0 atom stereocenters. The highest BCUT2D eigenvalue weighted by atomic mass is 31.2. The van der Waals surface area contributed by atoms with Gasteiger partial charge in [0.15, 0.2) is 7.14 Å². The highest BCUT2D eigenvalue weighted by Crippen LogP contribution is 2.57. The van der Waals surface area contributed by atoms with Crippen LogP contribution >= 0.6 is 7.14 Å². The highest BCUT2D eigenvalue weighted by molar-refractivity contribution is 7.85. The molecule has 0 bridgehead atoms. The monoisotopic (exact) mass is 632 g/mol. The Morgan fingerprint density at radius 2 is 0.792 bits per heavy atom. The molecule has 8 aromatic rings. The average Bonchev–Trinajstić information content (AvgIpc) is 3.46. The lowest BCUT2D eigenvalue weighted by atomic mass is 9.82. The van der Waals surface area contributed by atoms with Gasteiger partial charge in [-0.2, -0.15) is 0 Å². The molecule has 0 radical (unpaired) electrons. The maximum absolute atomic E-state index is 15.4. The van der Waals surface area contributed by atoms with Crippen molar-refractivity contribution in [3.8, 4) is 44.5 Å². The van der Waals surface area contributed by atoms with Crippen molar-refractivity contribution in [3.05, 3.63) is 175 Å². The Bertz CT molecular complexity index is 2510. The van der Waals surface area contributed by atoms with E-state index in [-0.39, 0.29) is 0 Å². The molecule has 48 heavy (non-hydrogen) atoms. The summed E-state index contributed by atoms with van der Waals surface area (Å²) in [6.07, 6.45) is 0. The Labute approximate surface area is 281 Å². The van der Waals surface area contributed by atoms with E-state index in [9.17, 15) is 0 Å². The fraction of sp³-hybridized carbons (Fsp3) is 0.0435. The number of hydrogen-bond acceptors (Lipinski definition) is 1. The van der Waals surface area contributed by atoms with E-state index in [4.69, 9.17) is 0 Å². The third-order valence-electron chi connectivity index (χ3n) is 10.0. The minimum atomic E-state index is -3.12. The summed E-state index contributed by atoms with van der Waals surface area (Å²) in [4.78, 5) is 0. The summed E-state index contributed by atoms with van der Waals surface area (Å²) in [7, 11) is -3.12. The van der Waals surface area contributed by atoms with E-state index >= 15 is 4.57 Å². The van der Waals surface area contributed by atoms with Crippen LogP contribution in [0.4, 0.5) is 0 Å². The third-order valence-corrected chi connectivity index (χ3v) is 13.1. The summed E-state index contributed by atoms with van der Waals surface area (Å²) in [5.41, 5.74) is 12.2. The quantitative estimate of drug-likeness (QED) is 0.173. The molecule has 0 saturated carbocycles. The second kappa shape index (κ2) is 11.1. The van der Waals surface area contributed by atoms with Crippen LogP contribution in [0.3, 0.4) is 0 Å². The van der Waals surface area contributed by atoms with Crippen molar-refractivity contribution in [2.45, 2.75) is 13.8 Å². The molecule has 0 amide bonds. The van der Waals surface area contributed by atoms with Crippen LogP contribution in [0, 0.1) is 13.8 Å². The Morgan fingerprint density at radius 3 is 1.27 bits per heavy atom. The van der Waals surface area contributed by atoms with Gasteiger partial charge in [-0.05, 0) is 79.9 Å². The second-order valence-electron chi connectivity index (χ2n) is 12.9. The molecule has 9 rings (SSSR count). The first kappa shape index (κ1) is 28.7. The molecule has 0 aliphatic heterocycles.